The maximum Gasteiger partial charge on any atom is 0.511 e. The molecule has 4 aromatic carbocycles. The third kappa shape index (κ3) is 5.47. The van der Waals surface area contributed by atoms with Crippen LogP contribution < -0.4 is 9.47 Å². The lowest BCUT2D eigenvalue weighted by atomic mass is 9.62. The summed E-state index contributed by atoms with van der Waals surface area (Å²) in [6, 6.07) is 28.5. The van der Waals surface area contributed by atoms with E-state index in [9.17, 15) is 4.79 Å². The largest absolute Gasteiger partial charge is 0.511 e. The lowest BCUT2D eigenvalue weighted by Gasteiger charge is -2.43. The molecule has 5 rings (SSSR count). The zero-order chi connectivity index (χ0) is 28.5. The van der Waals surface area contributed by atoms with E-state index >= 15 is 0 Å². The number of ether oxygens (including phenoxy) is 3. The Kier molecular flexibility index (Phi) is 7.43. The molecule has 4 aromatic rings. The molecule has 5 nitrogen and oxygen atoms in total. The Morgan fingerprint density at radius 3 is 2.10 bits per heavy atom. The van der Waals surface area contributed by atoms with Gasteiger partial charge in [-0.05, 0) is 86.9 Å². The Balaban J connectivity index is 1.72. The van der Waals surface area contributed by atoms with E-state index < -0.39 is 6.16 Å². The maximum absolute atomic E-state index is 10.9. The number of hydrogen-bond acceptors (Lipinski definition) is 4. The molecule has 0 heterocycles. The Morgan fingerprint density at radius 1 is 0.750 bits per heavy atom. The summed E-state index contributed by atoms with van der Waals surface area (Å²) in [4.78, 5) is 10.9. The van der Waals surface area contributed by atoms with E-state index in [4.69, 9.17) is 19.3 Å². The van der Waals surface area contributed by atoms with Crippen molar-refractivity contribution in [2.75, 3.05) is 13.9 Å². The standard InChI is InChI=1S/C35H36O5/c1-34(2)17-18-35(3,4)32-30(34)20-26(21-31(32)39-22-38-5)29-19-25(13-16-28(29)24-9-7-6-8-10-24)23-11-14-27(15-12-23)40-33(36)37/h6-16,19-21H,17-18,22H2,1-5H3,(H,36,37). The van der Waals surface area contributed by atoms with Gasteiger partial charge in [0, 0.05) is 12.7 Å². The van der Waals surface area contributed by atoms with Crippen molar-refractivity contribution in [2.45, 2.75) is 51.4 Å². The molecule has 206 valence electrons. The van der Waals surface area contributed by atoms with Crippen LogP contribution in [0.15, 0.2) is 84.9 Å². The molecular formula is C35H36O5. The van der Waals surface area contributed by atoms with Gasteiger partial charge in [0.15, 0.2) is 6.79 Å². The molecule has 0 aliphatic heterocycles. The van der Waals surface area contributed by atoms with E-state index in [2.05, 4.69) is 82.3 Å². The first-order valence-corrected chi connectivity index (χ1v) is 13.6. The summed E-state index contributed by atoms with van der Waals surface area (Å²) >= 11 is 0. The molecule has 0 unspecified atom stereocenters. The van der Waals surface area contributed by atoms with Crippen molar-refractivity contribution in [1.29, 1.82) is 0 Å². The van der Waals surface area contributed by atoms with Crippen molar-refractivity contribution in [3.8, 4) is 44.9 Å². The maximum atomic E-state index is 10.9. The summed E-state index contributed by atoms with van der Waals surface area (Å²) in [6.07, 6.45) is 0.852. The lowest BCUT2D eigenvalue weighted by Crippen LogP contribution is -2.34. The van der Waals surface area contributed by atoms with Gasteiger partial charge in [-0.15, -0.1) is 0 Å². The Labute approximate surface area is 236 Å². The summed E-state index contributed by atoms with van der Waals surface area (Å²) in [5, 5.41) is 8.94. The molecule has 0 amide bonds. The highest BCUT2D eigenvalue weighted by molar-refractivity contribution is 5.88. The van der Waals surface area contributed by atoms with Crippen LogP contribution in [0.2, 0.25) is 0 Å². The third-order valence-electron chi connectivity index (χ3n) is 8.02. The van der Waals surface area contributed by atoms with Crippen LogP contribution in [-0.2, 0) is 15.6 Å². The second kappa shape index (κ2) is 10.8. The molecule has 0 spiro atoms. The number of benzene rings is 4. The van der Waals surface area contributed by atoms with E-state index in [0.29, 0.717) is 0 Å². The van der Waals surface area contributed by atoms with Crippen LogP contribution in [0.1, 0.15) is 51.7 Å². The number of hydrogen-bond donors (Lipinski definition) is 1. The SMILES string of the molecule is COCOc1cc(-c2cc(-c3ccc(OC(=O)O)cc3)ccc2-c2ccccc2)cc2c1C(C)(C)CCC2(C)C. The monoisotopic (exact) mass is 536 g/mol. The topological polar surface area (TPSA) is 65.0 Å². The lowest BCUT2D eigenvalue weighted by molar-refractivity contribution is 0.0491. The van der Waals surface area contributed by atoms with Crippen molar-refractivity contribution in [2.24, 2.45) is 0 Å². The average Bonchev–Trinajstić information content (AvgIpc) is 2.94. The highest BCUT2D eigenvalue weighted by atomic mass is 16.7. The fourth-order valence-corrected chi connectivity index (χ4v) is 5.77. The van der Waals surface area contributed by atoms with Crippen LogP contribution in [-0.4, -0.2) is 25.2 Å². The zero-order valence-electron chi connectivity index (χ0n) is 23.8. The molecule has 1 aliphatic rings. The van der Waals surface area contributed by atoms with Crippen molar-refractivity contribution in [3.63, 3.8) is 0 Å². The van der Waals surface area contributed by atoms with Crippen LogP contribution in [0.25, 0.3) is 33.4 Å². The number of fused-ring (bicyclic) bond motifs is 1. The quantitative estimate of drug-likeness (QED) is 0.145. The van der Waals surface area contributed by atoms with E-state index in [0.717, 1.165) is 52.0 Å². The minimum Gasteiger partial charge on any atom is -0.467 e. The number of carboxylic acid groups (broad SMARTS) is 1. The number of carbonyl (C=O) groups is 1. The number of methoxy groups -OCH3 is 1. The van der Waals surface area contributed by atoms with Gasteiger partial charge >= 0.3 is 6.16 Å². The van der Waals surface area contributed by atoms with Gasteiger partial charge in [-0.2, -0.15) is 0 Å². The fraction of sp³-hybridized carbons (Fsp3) is 0.286. The smallest absolute Gasteiger partial charge is 0.467 e. The highest BCUT2D eigenvalue weighted by Gasteiger charge is 2.40. The van der Waals surface area contributed by atoms with Crippen LogP contribution >= 0.6 is 0 Å². The molecular weight excluding hydrogens is 500 g/mol. The van der Waals surface area contributed by atoms with Crippen molar-refractivity contribution >= 4 is 6.16 Å². The average molecular weight is 537 g/mol. The molecule has 1 aliphatic carbocycles. The van der Waals surface area contributed by atoms with Gasteiger partial charge in [0.2, 0.25) is 0 Å². The first-order chi connectivity index (χ1) is 19.1. The van der Waals surface area contributed by atoms with Crippen LogP contribution in [0.4, 0.5) is 4.79 Å². The molecule has 0 radical (unpaired) electrons. The summed E-state index contributed by atoms with van der Waals surface area (Å²) in [5.41, 5.74) is 8.98. The zero-order valence-corrected chi connectivity index (χ0v) is 23.8. The molecule has 40 heavy (non-hydrogen) atoms. The van der Waals surface area contributed by atoms with Gasteiger partial charge in [-0.1, -0.05) is 88.4 Å². The minimum absolute atomic E-state index is 0.00344. The summed E-state index contributed by atoms with van der Waals surface area (Å²) in [7, 11) is 1.65. The first-order valence-electron chi connectivity index (χ1n) is 13.6. The molecule has 0 saturated carbocycles. The van der Waals surface area contributed by atoms with E-state index in [1.807, 2.05) is 18.2 Å². The Morgan fingerprint density at radius 2 is 1.43 bits per heavy atom. The van der Waals surface area contributed by atoms with Gasteiger partial charge in [-0.3, -0.25) is 0 Å². The fourth-order valence-electron chi connectivity index (χ4n) is 5.77. The van der Waals surface area contributed by atoms with Crippen LogP contribution in [0.3, 0.4) is 0 Å². The van der Waals surface area contributed by atoms with Crippen molar-refractivity contribution < 1.29 is 24.1 Å². The molecule has 0 bridgehead atoms. The van der Waals surface area contributed by atoms with Gasteiger partial charge in [-0.25, -0.2) is 4.79 Å². The molecule has 1 N–H and O–H groups in total. The molecule has 0 aromatic heterocycles. The van der Waals surface area contributed by atoms with Gasteiger partial charge in [0.1, 0.15) is 11.5 Å². The molecule has 5 heteroatoms. The van der Waals surface area contributed by atoms with Gasteiger partial charge in [0.25, 0.3) is 0 Å². The summed E-state index contributed by atoms with van der Waals surface area (Å²) in [6.45, 7) is 9.42. The predicted octanol–water partition coefficient (Wildman–Crippen LogP) is 9.08. The minimum atomic E-state index is -1.33. The van der Waals surface area contributed by atoms with Gasteiger partial charge in [0.05, 0.1) is 0 Å². The molecule has 0 saturated heterocycles. The number of rotatable bonds is 7. The Bertz CT molecular complexity index is 1520. The highest BCUT2D eigenvalue weighted by Crippen LogP contribution is 2.51. The van der Waals surface area contributed by atoms with Crippen LogP contribution in [0.5, 0.6) is 11.5 Å². The normalized spacial score (nSPS) is 15.2. The van der Waals surface area contributed by atoms with Crippen molar-refractivity contribution in [1.82, 2.24) is 0 Å². The molecule has 0 atom stereocenters. The summed E-state index contributed by atoms with van der Waals surface area (Å²) < 4.78 is 16.4. The van der Waals surface area contributed by atoms with E-state index in [-0.39, 0.29) is 23.4 Å². The van der Waals surface area contributed by atoms with Gasteiger partial charge < -0.3 is 19.3 Å². The van der Waals surface area contributed by atoms with E-state index in [1.54, 1.807) is 19.2 Å². The summed E-state index contributed by atoms with van der Waals surface area (Å²) in [5.74, 6) is 1.16. The second-order valence-corrected chi connectivity index (χ2v) is 11.7. The Hall–Kier alpha value is -4.09. The second-order valence-electron chi connectivity index (χ2n) is 11.7. The predicted molar refractivity (Wildman–Crippen MR) is 159 cm³/mol. The third-order valence-corrected chi connectivity index (χ3v) is 8.02. The van der Waals surface area contributed by atoms with E-state index in [1.165, 1.54) is 11.1 Å². The van der Waals surface area contributed by atoms with Crippen molar-refractivity contribution in [3.05, 3.63) is 96.1 Å². The van der Waals surface area contributed by atoms with Crippen LogP contribution in [0, 0.1) is 0 Å². The molecule has 0 fully saturated rings. The first kappa shape index (κ1) is 27.5.